The first-order valence-corrected chi connectivity index (χ1v) is 9.79. The highest BCUT2D eigenvalue weighted by atomic mass is 127. The average molecular weight is 425 g/mol. The number of fused-ring (bicyclic) bond motifs is 1. The molecule has 0 amide bonds. The number of aryl methyl sites for hydroxylation is 2. The van der Waals surface area contributed by atoms with Gasteiger partial charge in [-0.25, -0.2) is 4.98 Å². The molecule has 3 nitrogen and oxygen atoms in total. The maximum atomic E-state index is 11.5. The molecule has 2 rings (SSSR count). The molecule has 0 aliphatic rings. The van der Waals surface area contributed by atoms with Gasteiger partial charge in [0, 0.05) is 44.7 Å². The molecule has 1 aromatic heterocycles. The minimum Gasteiger partial charge on any atom is -0.328 e. The molecule has 0 bridgehead atoms. The van der Waals surface area contributed by atoms with Crippen molar-refractivity contribution < 1.29 is 4.21 Å². The number of imidazole rings is 1. The van der Waals surface area contributed by atoms with Crippen molar-refractivity contribution in [2.45, 2.75) is 31.6 Å². The highest BCUT2D eigenvalue weighted by Gasteiger charge is 2.13. The zero-order valence-electron chi connectivity index (χ0n) is 11.6. The normalized spacial score (nSPS) is 14.6. The summed E-state index contributed by atoms with van der Waals surface area (Å²) in [5, 5.41) is 0.195. The van der Waals surface area contributed by atoms with Gasteiger partial charge in [0.05, 0.1) is 11.0 Å². The summed E-state index contributed by atoms with van der Waals surface area (Å²) in [6.07, 6.45) is 3.41. The van der Waals surface area contributed by atoms with Gasteiger partial charge in [-0.05, 0) is 47.2 Å². The van der Waals surface area contributed by atoms with Crippen LogP contribution in [0.25, 0.3) is 11.0 Å². The molecule has 0 saturated carbocycles. The van der Waals surface area contributed by atoms with Gasteiger partial charge in [0.15, 0.2) is 0 Å². The number of benzene rings is 1. The van der Waals surface area contributed by atoms with Crippen molar-refractivity contribution in [3.63, 3.8) is 0 Å². The molecule has 2 atom stereocenters. The van der Waals surface area contributed by atoms with Crippen molar-refractivity contribution >= 4 is 56.0 Å². The molecule has 6 heteroatoms. The Morgan fingerprint density at radius 1 is 1.50 bits per heavy atom. The van der Waals surface area contributed by atoms with Gasteiger partial charge in [-0.1, -0.05) is 6.92 Å². The SMILES string of the molecule is CC(CCn1c(CCCl)nc2cc(I)ccc21)S(C)=O. The van der Waals surface area contributed by atoms with Gasteiger partial charge in [-0.3, -0.25) is 4.21 Å². The minimum atomic E-state index is -0.781. The Balaban J connectivity index is 2.33. The zero-order valence-corrected chi connectivity index (χ0v) is 15.3. The van der Waals surface area contributed by atoms with Crippen LogP contribution in [0.15, 0.2) is 18.2 Å². The van der Waals surface area contributed by atoms with Crippen LogP contribution in [0, 0.1) is 3.57 Å². The van der Waals surface area contributed by atoms with Gasteiger partial charge < -0.3 is 4.57 Å². The van der Waals surface area contributed by atoms with Gasteiger partial charge >= 0.3 is 0 Å². The first-order chi connectivity index (χ1) is 9.52. The van der Waals surface area contributed by atoms with Crippen LogP contribution in [-0.4, -0.2) is 31.1 Å². The molecular formula is C14H18ClIN2OS. The fourth-order valence-electron chi connectivity index (χ4n) is 2.15. The van der Waals surface area contributed by atoms with Crippen LogP contribution in [0.5, 0.6) is 0 Å². The Bertz CT molecular complexity index is 629. The van der Waals surface area contributed by atoms with Crippen molar-refractivity contribution in [1.29, 1.82) is 0 Å². The van der Waals surface area contributed by atoms with Crippen molar-refractivity contribution in [3.05, 3.63) is 27.6 Å². The molecule has 1 heterocycles. The summed E-state index contributed by atoms with van der Waals surface area (Å²) in [5.41, 5.74) is 2.15. The number of halogens is 2. The van der Waals surface area contributed by atoms with E-state index in [0.717, 1.165) is 36.2 Å². The molecule has 110 valence electrons. The Labute approximate surface area is 140 Å². The van der Waals surface area contributed by atoms with E-state index in [2.05, 4.69) is 50.3 Å². The zero-order chi connectivity index (χ0) is 14.7. The van der Waals surface area contributed by atoms with Gasteiger partial charge in [0.25, 0.3) is 0 Å². The summed E-state index contributed by atoms with van der Waals surface area (Å²) >= 11 is 8.17. The largest absolute Gasteiger partial charge is 0.328 e. The lowest BCUT2D eigenvalue weighted by molar-refractivity contribution is 0.611. The third-order valence-corrected chi connectivity index (χ3v) is 5.66. The van der Waals surface area contributed by atoms with E-state index in [1.807, 2.05) is 6.92 Å². The molecule has 1 aromatic carbocycles. The first kappa shape index (κ1) is 16.2. The van der Waals surface area contributed by atoms with E-state index in [0.29, 0.717) is 5.88 Å². The maximum absolute atomic E-state index is 11.5. The monoisotopic (exact) mass is 424 g/mol. The smallest absolute Gasteiger partial charge is 0.111 e. The predicted molar refractivity (Wildman–Crippen MR) is 95.0 cm³/mol. The van der Waals surface area contributed by atoms with Crippen LogP contribution in [0.3, 0.4) is 0 Å². The fraction of sp³-hybridized carbons (Fsp3) is 0.500. The van der Waals surface area contributed by atoms with E-state index >= 15 is 0 Å². The highest BCUT2D eigenvalue weighted by molar-refractivity contribution is 14.1. The van der Waals surface area contributed by atoms with E-state index in [4.69, 9.17) is 11.6 Å². The second-order valence-electron chi connectivity index (χ2n) is 4.85. The number of hydrogen-bond acceptors (Lipinski definition) is 2. The average Bonchev–Trinajstić information content (AvgIpc) is 2.72. The van der Waals surface area contributed by atoms with Crippen molar-refractivity contribution in [3.8, 4) is 0 Å². The Morgan fingerprint density at radius 3 is 2.90 bits per heavy atom. The lowest BCUT2D eigenvalue weighted by Gasteiger charge is -2.12. The number of hydrogen-bond donors (Lipinski definition) is 0. The molecule has 0 N–H and O–H groups in total. The topological polar surface area (TPSA) is 34.9 Å². The maximum Gasteiger partial charge on any atom is 0.111 e. The molecular weight excluding hydrogens is 407 g/mol. The van der Waals surface area contributed by atoms with Gasteiger partial charge in [-0.15, -0.1) is 11.6 Å². The van der Waals surface area contributed by atoms with E-state index in [1.54, 1.807) is 6.26 Å². The van der Waals surface area contributed by atoms with E-state index < -0.39 is 10.8 Å². The summed E-state index contributed by atoms with van der Waals surface area (Å²) in [5.74, 6) is 1.58. The van der Waals surface area contributed by atoms with Crippen LogP contribution < -0.4 is 0 Å². The molecule has 0 saturated heterocycles. The molecule has 0 spiro atoms. The lowest BCUT2D eigenvalue weighted by Crippen LogP contribution is -2.14. The standard InChI is InChI=1S/C14H18ClIN2OS/c1-10(20(2)19)6-8-18-13-4-3-11(16)9-12(13)17-14(18)5-7-15/h3-4,9-10H,5-8H2,1-2H3. The Hall–Kier alpha value is -0.140. The molecule has 2 unspecified atom stereocenters. The second kappa shape index (κ2) is 7.22. The van der Waals surface area contributed by atoms with E-state index in [9.17, 15) is 4.21 Å². The predicted octanol–water partition coefficient (Wildman–Crippen LogP) is 3.58. The first-order valence-electron chi connectivity index (χ1n) is 6.55. The van der Waals surface area contributed by atoms with Crippen molar-refractivity contribution in [2.24, 2.45) is 0 Å². The van der Waals surface area contributed by atoms with Crippen LogP contribution >= 0.6 is 34.2 Å². The Kier molecular flexibility index (Phi) is 5.86. The van der Waals surface area contributed by atoms with E-state index in [1.165, 1.54) is 3.57 Å². The third kappa shape index (κ3) is 3.74. The van der Waals surface area contributed by atoms with Crippen molar-refractivity contribution in [2.75, 3.05) is 12.1 Å². The molecule has 0 aliphatic carbocycles. The van der Waals surface area contributed by atoms with E-state index in [-0.39, 0.29) is 5.25 Å². The lowest BCUT2D eigenvalue weighted by atomic mass is 10.3. The van der Waals surface area contributed by atoms with Crippen LogP contribution in [-0.2, 0) is 23.8 Å². The summed E-state index contributed by atoms with van der Waals surface area (Å²) < 4.78 is 14.9. The molecule has 0 radical (unpaired) electrons. The third-order valence-electron chi connectivity index (χ3n) is 3.43. The number of nitrogens with zero attached hydrogens (tertiary/aromatic N) is 2. The molecule has 0 fully saturated rings. The molecule has 2 aromatic rings. The van der Waals surface area contributed by atoms with Gasteiger partial charge in [0.2, 0.25) is 0 Å². The summed E-state index contributed by atoms with van der Waals surface area (Å²) in [6.45, 7) is 2.86. The highest BCUT2D eigenvalue weighted by Crippen LogP contribution is 2.20. The molecule has 0 aliphatic heterocycles. The van der Waals surface area contributed by atoms with Gasteiger partial charge in [0.1, 0.15) is 5.82 Å². The van der Waals surface area contributed by atoms with Crippen molar-refractivity contribution in [1.82, 2.24) is 9.55 Å². The van der Waals surface area contributed by atoms with Crippen LogP contribution in [0.1, 0.15) is 19.2 Å². The van der Waals surface area contributed by atoms with Gasteiger partial charge in [-0.2, -0.15) is 0 Å². The Morgan fingerprint density at radius 2 is 2.25 bits per heavy atom. The fourth-order valence-corrected chi connectivity index (χ4v) is 3.24. The quantitative estimate of drug-likeness (QED) is 0.525. The summed E-state index contributed by atoms with van der Waals surface area (Å²) in [6, 6.07) is 6.29. The van der Waals surface area contributed by atoms with Crippen LogP contribution in [0.2, 0.25) is 0 Å². The molecule has 20 heavy (non-hydrogen) atoms. The second-order valence-corrected chi connectivity index (χ2v) is 8.28. The minimum absolute atomic E-state index is 0.195. The summed E-state index contributed by atoms with van der Waals surface area (Å²) in [7, 11) is -0.781. The number of alkyl halides is 1. The number of aromatic nitrogens is 2. The summed E-state index contributed by atoms with van der Waals surface area (Å²) in [4.78, 5) is 4.68. The van der Waals surface area contributed by atoms with Crippen LogP contribution in [0.4, 0.5) is 0 Å². The number of rotatable bonds is 6.